The molecule has 4 heteroatoms. The van der Waals surface area contributed by atoms with E-state index in [-0.39, 0.29) is 5.91 Å². The number of nitrogens with one attached hydrogen (secondary N) is 1. The van der Waals surface area contributed by atoms with Gasteiger partial charge >= 0.3 is 0 Å². The van der Waals surface area contributed by atoms with Crippen LogP contribution >= 0.6 is 23.4 Å². The van der Waals surface area contributed by atoms with Crippen LogP contribution < -0.4 is 5.32 Å². The molecule has 2 nitrogen and oxygen atoms in total. The molecule has 0 bridgehead atoms. The van der Waals surface area contributed by atoms with E-state index in [9.17, 15) is 4.79 Å². The summed E-state index contributed by atoms with van der Waals surface area (Å²) in [5.74, 6) is 0.832. The molecule has 86 valence electrons. The molecule has 0 atom stereocenters. The highest BCUT2D eigenvalue weighted by Gasteiger charge is 2.03. The fourth-order valence-electron chi connectivity index (χ4n) is 1.19. The number of hydrogen-bond donors (Lipinski definition) is 1. The summed E-state index contributed by atoms with van der Waals surface area (Å²) in [4.78, 5) is 12.3. The van der Waals surface area contributed by atoms with Crippen LogP contribution in [0.25, 0.3) is 0 Å². The second-order valence-corrected chi connectivity index (χ2v) is 4.78. The lowest BCUT2D eigenvalue weighted by Gasteiger charge is -2.06. The quantitative estimate of drug-likeness (QED) is 0.652. The minimum atomic E-state index is -0.144. The number of thioether (sulfide) groups is 1. The molecule has 1 amide bonds. The largest absolute Gasteiger partial charge is 0.322 e. The minimum Gasteiger partial charge on any atom is -0.322 e. The van der Waals surface area contributed by atoms with Gasteiger partial charge in [-0.1, -0.05) is 24.6 Å². The molecule has 0 aliphatic rings. The van der Waals surface area contributed by atoms with Crippen LogP contribution in [0.3, 0.4) is 0 Å². The third kappa shape index (κ3) is 3.91. The van der Waals surface area contributed by atoms with E-state index in [1.807, 2.05) is 12.1 Å². The van der Waals surface area contributed by atoms with E-state index in [1.165, 1.54) is 6.08 Å². The number of allylic oxidation sites excluding steroid dienone is 1. The van der Waals surface area contributed by atoms with Gasteiger partial charge in [0.05, 0.1) is 5.02 Å². The number of hydrogen-bond acceptors (Lipinski definition) is 2. The lowest BCUT2D eigenvalue weighted by Crippen LogP contribution is -2.07. The predicted octanol–water partition coefficient (Wildman–Crippen LogP) is 3.97. The summed E-state index contributed by atoms with van der Waals surface area (Å²) >= 11 is 7.76. The van der Waals surface area contributed by atoms with Gasteiger partial charge in [-0.3, -0.25) is 4.79 Å². The molecule has 0 saturated heterocycles. The van der Waals surface area contributed by atoms with Gasteiger partial charge in [-0.25, -0.2) is 0 Å². The molecule has 1 aromatic rings. The van der Waals surface area contributed by atoms with Crippen LogP contribution in [-0.2, 0) is 4.79 Å². The number of halogens is 1. The number of rotatable bonds is 4. The minimum absolute atomic E-state index is 0.144. The molecule has 0 heterocycles. The van der Waals surface area contributed by atoms with Crippen molar-refractivity contribution < 1.29 is 4.79 Å². The van der Waals surface area contributed by atoms with Crippen LogP contribution in [0.2, 0.25) is 5.02 Å². The fourth-order valence-corrected chi connectivity index (χ4v) is 2.20. The van der Waals surface area contributed by atoms with E-state index in [1.54, 1.807) is 30.8 Å². The molecular weight excluding hydrogens is 242 g/mol. The van der Waals surface area contributed by atoms with Gasteiger partial charge in [0.25, 0.3) is 0 Å². The first-order valence-electron chi connectivity index (χ1n) is 5.03. The van der Waals surface area contributed by atoms with E-state index in [0.717, 1.165) is 10.6 Å². The van der Waals surface area contributed by atoms with Gasteiger partial charge in [0.2, 0.25) is 5.91 Å². The van der Waals surface area contributed by atoms with Gasteiger partial charge < -0.3 is 5.32 Å². The Morgan fingerprint density at radius 1 is 1.56 bits per heavy atom. The Labute approximate surface area is 105 Å². The zero-order chi connectivity index (χ0) is 12.0. The molecule has 1 N–H and O–H groups in total. The molecule has 0 radical (unpaired) electrons. The van der Waals surface area contributed by atoms with Crippen molar-refractivity contribution in [1.82, 2.24) is 0 Å². The average molecular weight is 256 g/mol. The number of carbonyl (C=O) groups is 1. The molecular formula is C12H14ClNOS. The third-order valence-corrected chi connectivity index (χ3v) is 3.20. The Morgan fingerprint density at radius 2 is 2.31 bits per heavy atom. The Balaban J connectivity index is 2.77. The van der Waals surface area contributed by atoms with Gasteiger partial charge in [-0.05, 0) is 37.0 Å². The molecule has 0 aliphatic heterocycles. The summed E-state index contributed by atoms with van der Waals surface area (Å²) in [6.45, 7) is 3.87. The summed E-state index contributed by atoms with van der Waals surface area (Å²) in [5, 5.41) is 3.40. The molecule has 0 spiro atoms. The molecule has 0 unspecified atom stereocenters. The van der Waals surface area contributed by atoms with Crippen molar-refractivity contribution in [2.45, 2.75) is 18.7 Å². The maximum absolute atomic E-state index is 11.3. The Morgan fingerprint density at radius 3 is 2.88 bits per heavy atom. The van der Waals surface area contributed by atoms with Crippen molar-refractivity contribution in [2.24, 2.45) is 0 Å². The smallest absolute Gasteiger partial charge is 0.248 e. The molecule has 0 aliphatic carbocycles. The number of amides is 1. The topological polar surface area (TPSA) is 29.1 Å². The summed E-state index contributed by atoms with van der Waals surface area (Å²) in [5.41, 5.74) is 0.716. The first-order chi connectivity index (χ1) is 7.67. The average Bonchev–Trinajstić information content (AvgIpc) is 2.22. The first-order valence-corrected chi connectivity index (χ1v) is 6.39. The van der Waals surface area contributed by atoms with Gasteiger partial charge in [-0.15, -0.1) is 11.8 Å². The van der Waals surface area contributed by atoms with E-state index in [2.05, 4.69) is 12.2 Å². The second kappa shape index (κ2) is 6.61. The van der Waals surface area contributed by atoms with Crippen LogP contribution in [0.15, 0.2) is 35.2 Å². The highest BCUT2D eigenvalue weighted by molar-refractivity contribution is 7.99. The number of carbonyl (C=O) groups excluding carboxylic acids is 1. The molecule has 0 fully saturated rings. The zero-order valence-corrected chi connectivity index (χ0v) is 10.9. The Hall–Kier alpha value is -0.930. The van der Waals surface area contributed by atoms with Crippen molar-refractivity contribution in [3.05, 3.63) is 35.4 Å². The summed E-state index contributed by atoms with van der Waals surface area (Å²) in [6, 6.07) is 5.54. The van der Waals surface area contributed by atoms with E-state index >= 15 is 0 Å². The molecule has 1 rings (SSSR count). The number of benzene rings is 1. The number of anilines is 1. The molecule has 0 aromatic heterocycles. The maximum atomic E-state index is 11.3. The zero-order valence-electron chi connectivity index (χ0n) is 9.29. The van der Waals surface area contributed by atoms with Gasteiger partial charge in [0.15, 0.2) is 0 Å². The van der Waals surface area contributed by atoms with E-state index in [0.29, 0.717) is 10.7 Å². The molecule has 1 aromatic carbocycles. The van der Waals surface area contributed by atoms with Gasteiger partial charge in [0.1, 0.15) is 0 Å². The van der Waals surface area contributed by atoms with Crippen molar-refractivity contribution in [2.75, 3.05) is 11.1 Å². The van der Waals surface area contributed by atoms with E-state index < -0.39 is 0 Å². The third-order valence-electron chi connectivity index (χ3n) is 1.82. The van der Waals surface area contributed by atoms with Crippen LogP contribution in [0, 0.1) is 0 Å². The normalized spacial score (nSPS) is 10.7. The highest BCUT2D eigenvalue weighted by Crippen LogP contribution is 2.29. The van der Waals surface area contributed by atoms with Gasteiger partial charge in [-0.2, -0.15) is 0 Å². The van der Waals surface area contributed by atoms with E-state index in [4.69, 9.17) is 11.6 Å². The summed E-state index contributed by atoms with van der Waals surface area (Å²) in [6.07, 6.45) is 3.17. The molecule has 0 saturated carbocycles. The predicted molar refractivity (Wildman–Crippen MR) is 71.3 cm³/mol. The lowest BCUT2D eigenvalue weighted by molar-refractivity contribution is -0.111. The SMILES string of the molecule is C/C=C/C(=O)Nc1ccc(SCC)c(Cl)c1. The Kier molecular flexibility index (Phi) is 5.43. The van der Waals surface area contributed by atoms with Gasteiger partial charge in [0, 0.05) is 10.6 Å². The van der Waals surface area contributed by atoms with Crippen molar-refractivity contribution in [1.29, 1.82) is 0 Å². The first kappa shape index (κ1) is 13.1. The standard InChI is InChI=1S/C12H14ClNOS/c1-3-5-12(15)14-9-6-7-11(16-4-2)10(13)8-9/h3,5-8H,4H2,1-2H3,(H,14,15)/b5-3+. The summed E-state index contributed by atoms with van der Waals surface area (Å²) < 4.78 is 0. The highest BCUT2D eigenvalue weighted by atomic mass is 35.5. The van der Waals surface area contributed by atoms with Crippen molar-refractivity contribution in [3.8, 4) is 0 Å². The van der Waals surface area contributed by atoms with Crippen LogP contribution in [-0.4, -0.2) is 11.7 Å². The summed E-state index contributed by atoms with van der Waals surface area (Å²) in [7, 11) is 0. The van der Waals surface area contributed by atoms with Crippen LogP contribution in [0.5, 0.6) is 0 Å². The van der Waals surface area contributed by atoms with Crippen molar-refractivity contribution in [3.63, 3.8) is 0 Å². The van der Waals surface area contributed by atoms with Crippen molar-refractivity contribution >= 4 is 35.0 Å². The fraction of sp³-hybridized carbons (Fsp3) is 0.250. The van der Waals surface area contributed by atoms with Crippen LogP contribution in [0.4, 0.5) is 5.69 Å². The monoisotopic (exact) mass is 255 g/mol. The Bertz CT molecular complexity index is 404. The molecule has 16 heavy (non-hydrogen) atoms. The lowest BCUT2D eigenvalue weighted by atomic mass is 10.3. The second-order valence-electron chi connectivity index (χ2n) is 3.07. The van der Waals surface area contributed by atoms with Crippen LogP contribution in [0.1, 0.15) is 13.8 Å². The maximum Gasteiger partial charge on any atom is 0.248 e.